The number of methoxy groups -OCH3 is 1. The largest absolute Gasteiger partial charge is 0.465 e. The van der Waals surface area contributed by atoms with Gasteiger partial charge in [0.05, 0.1) is 18.4 Å². The highest BCUT2D eigenvalue weighted by atomic mass is 16.5. The van der Waals surface area contributed by atoms with Crippen molar-refractivity contribution in [1.82, 2.24) is 0 Å². The number of hydrogen-bond acceptors (Lipinski definition) is 3. The number of carbonyl (C=O) groups is 2. The molecule has 3 rings (SSSR count). The molecule has 0 heterocycles. The summed E-state index contributed by atoms with van der Waals surface area (Å²) in [7, 11) is 2.98. The molecule has 24 heavy (non-hydrogen) atoms. The molecular weight excluding hydrogens is 302 g/mol. The molecule has 3 aromatic rings. The summed E-state index contributed by atoms with van der Waals surface area (Å²) < 4.78 is 4.79. The molecular formula is C20H17NO3. The van der Waals surface area contributed by atoms with E-state index in [1.165, 1.54) is 12.0 Å². The summed E-state index contributed by atoms with van der Waals surface area (Å²) in [5, 5.41) is 2.07. The van der Waals surface area contributed by atoms with Gasteiger partial charge >= 0.3 is 5.97 Å². The molecule has 1 amide bonds. The average Bonchev–Trinajstić information content (AvgIpc) is 2.65. The van der Waals surface area contributed by atoms with Crippen molar-refractivity contribution < 1.29 is 14.3 Å². The summed E-state index contributed by atoms with van der Waals surface area (Å²) in [6.07, 6.45) is 0. The van der Waals surface area contributed by atoms with Gasteiger partial charge in [0.15, 0.2) is 0 Å². The molecule has 0 fully saturated rings. The van der Waals surface area contributed by atoms with E-state index < -0.39 is 5.97 Å². The van der Waals surface area contributed by atoms with E-state index in [1.54, 1.807) is 37.4 Å². The first-order valence-electron chi connectivity index (χ1n) is 7.56. The number of ether oxygens (including phenoxy) is 1. The molecule has 0 N–H and O–H groups in total. The number of hydrogen-bond donors (Lipinski definition) is 0. The zero-order valence-corrected chi connectivity index (χ0v) is 13.5. The first-order chi connectivity index (χ1) is 11.6. The second kappa shape index (κ2) is 6.54. The topological polar surface area (TPSA) is 46.6 Å². The third-order valence-electron chi connectivity index (χ3n) is 3.97. The lowest BCUT2D eigenvalue weighted by molar-refractivity contribution is 0.0601. The predicted octanol–water partition coefficient (Wildman–Crippen LogP) is 3.90. The van der Waals surface area contributed by atoms with Gasteiger partial charge in [-0.25, -0.2) is 4.79 Å². The fourth-order valence-corrected chi connectivity index (χ4v) is 2.67. The van der Waals surface area contributed by atoms with Crippen LogP contribution in [0.2, 0.25) is 0 Å². The summed E-state index contributed by atoms with van der Waals surface area (Å²) in [5.74, 6) is -0.652. The van der Waals surface area contributed by atoms with Crippen molar-refractivity contribution in [3.63, 3.8) is 0 Å². The van der Waals surface area contributed by atoms with Crippen molar-refractivity contribution in [2.45, 2.75) is 0 Å². The Labute approximate surface area is 140 Å². The molecule has 0 aliphatic heterocycles. The Morgan fingerprint density at radius 2 is 1.54 bits per heavy atom. The Balaban J connectivity index is 1.98. The lowest BCUT2D eigenvalue weighted by Crippen LogP contribution is -2.28. The number of rotatable bonds is 3. The maximum absolute atomic E-state index is 12.8. The first-order valence-corrected chi connectivity index (χ1v) is 7.56. The van der Waals surface area contributed by atoms with Crippen LogP contribution in [0.1, 0.15) is 20.7 Å². The maximum atomic E-state index is 12.8. The monoisotopic (exact) mass is 319 g/mol. The van der Waals surface area contributed by atoms with E-state index in [2.05, 4.69) is 0 Å². The normalized spacial score (nSPS) is 10.4. The third-order valence-corrected chi connectivity index (χ3v) is 3.97. The Hall–Kier alpha value is -3.14. The summed E-state index contributed by atoms with van der Waals surface area (Å²) in [5.41, 5.74) is 1.44. The molecule has 4 heteroatoms. The van der Waals surface area contributed by atoms with Crippen molar-refractivity contribution in [2.24, 2.45) is 0 Å². The van der Waals surface area contributed by atoms with Gasteiger partial charge in [0.25, 0.3) is 5.91 Å². The lowest BCUT2D eigenvalue weighted by atomic mass is 10.1. The molecule has 0 atom stereocenters. The fraction of sp³-hybridized carbons (Fsp3) is 0.100. The van der Waals surface area contributed by atoms with Gasteiger partial charge in [-0.15, -0.1) is 0 Å². The lowest BCUT2D eigenvalue weighted by Gasteiger charge is -2.20. The van der Waals surface area contributed by atoms with Crippen LogP contribution in [0.25, 0.3) is 10.8 Å². The zero-order chi connectivity index (χ0) is 17.1. The fourth-order valence-electron chi connectivity index (χ4n) is 2.67. The van der Waals surface area contributed by atoms with Crippen LogP contribution in [0.3, 0.4) is 0 Å². The Kier molecular flexibility index (Phi) is 4.29. The highest BCUT2D eigenvalue weighted by Gasteiger charge is 2.20. The number of para-hydroxylation sites is 1. The van der Waals surface area contributed by atoms with Crippen LogP contribution in [0.15, 0.2) is 66.7 Å². The van der Waals surface area contributed by atoms with Crippen LogP contribution < -0.4 is 4.90 Å². The first kappa shape index (κ1) is 15.7. The minimum absolute atomic E-state index is 0.183. The Morgan fingerprint density at radius 3 is 2.29 bits per heavy atom. The Morgan fingerprint density at radius 1 is 0.875 bits per heavy atom. The minimum atomic E-state index is -0.469. The number of fused-ring (bicyclic) bond motifs is 1. The molecule has 3 aromatic carbocycles. The molecule has 0 aromatic heterocycles. The van der Waals surface area contributed by atoms with Gasteiger partial charge in [0.2, 0.25) is 0 Å². The van der Waals surface area contributed by atoms with Crippen LogP contribution in [0, 0.1) is 0 Å². The van der Waals surface area contributed by atoms with Gasteiger partial charge in [0, 0.05) is 12.6 Å². The molecule has 0 saturated carbocycles. The number of esters is 1. The molecule has 0 spiro atoms. The standard InChI is InChI=1S/C20H17NO3/c1-21(18-10-6-5-9-17(18)20(23)24-2)19(22)16-12-11-14-7-3-4-8-15(14)13-16/h3-13H,1-2H3. The van der Waals surface area contributed by atoms with E-state index in [9.17, 15) is 9.59 Å². The van der Waals surface area contributed by atoms with E-state index in [1.807, 2.05) is 36.4 Å². The average molecular weight is 319 g/mol. The second-order valence-electron chi connectivity index (χ2n) is 5.43. The zero-order valence-electron chi connectivity index (χ0n) is 13.5. The van der Waals surface area contributed by atoms with Crippen LogP contribution in [-0.4, -0.2) is 26.0 Å². The third kappa shape index (κ3) is 2.86. The van der Waals surface area contributed by atoms with Gasteiger partial charge in [-0.05, 0) is 35.0 Å². The number of nitrogens with zero attached hydrogens (tertiary/aromatic N) is 1. The van der Waals surface area contributed by atoms with Crippen LogP contribution in [0.5, 0.6) is 0 Å². The SMILES string of the molecule is COC(=O)c1ccccc1N(C)C(=O)c1ccc2ccccc2c1. The molecule has 120 valence electrons. The van der Waals surface area contributed by atoms with Crippen LogP contribution >= 0.6 is 0 Å². The Bertz CT molecular complexity index is 917. The maximum Gasteiger partial charge on any atom is 0.339 e. The molecule has 0 aliphatic rings. The number of carbonyl (C=O) groups excluding carboxylic acids is 2. The van der Waals surface area contributed by atoms with Crippen molar-refractivity contribution >= 4 is 28.3 Å². The molecule has 0 saturated heterocycles. The van der Waals surface area contributed by atoms with E-state index in [0.717, 1.165) is 10.8 Å². The molecule has 0 unspecified atom stereocenters. The van der Waals surface area contributed by atoms with Gasteiger partial charge in [-0.3, -0.25) is 4.79 Å². The number of amides is 1. The highest BCUT2D eigenvalue weighted by Crippen LogP contribution is 2.23. The molecule has 4 nitrogen and oxygen atoms in total. The van der Waals surface area contributed by atoms with E-state index in [0.29, 0.717) is 16.8 Å². The van der Waals surface area contributed by atoms with Gasteiger partial charge in [0.1, 0.15) is 0 Å². The van der Waals surface area contributed by atoms with E-state index in [4.69, 9.17) is 4.74 Å². The van der Waals surface area contributed by atoms with Crippen molar-refractivity contribution in [1.29, 1.82) is 0 Å². The number of benzene rings is 3. The van der Waals surface area contributed by atoms with Crippen LogP contribution in [0.4, 0.5) is 5.69 Å². The molecule has 0 bridgehead atoms. The van der Waals surface area contributed by atoms with Crippen molar-refractivity contribution in [3.8, 4) is 0 Å². The summed E-state index contributed by atoms with van der Waals surface area (Å²) in [4.78, 5) is 26.2. The number of anilines is 1. The summed E-state index contributed by atoms with van der Waals surface area (Å²) in [6.45, 7) is 0. The minimum Gasteiger partial charge on any atom is -0.465 e. The second-order valence-corrected chi connectivity index (χ2v) is 5.43. The van der Waals surface area contributed by atoms with E-state index >= 15 is 0 Å². The summed E-state index contributed by atoms with van der Waals surface area (Å²) >= 11 is 0. The van der Waals surface area contributed by atoms with Gasteiger partial charge < -0.3 is 9.64 Å². The highest BCUT2D eigenvalue weighted by molar-refractivity contribution is 6.10. The molecule has 0 radical (unpaired) electrons. The smallest absolute Gasteiger partial charge is 0.339 e. The van der Waals surface area contributed by atoms with Crippen LogP contribution in [-0.2, 0) is 4.74 Å². The van der Waals surface area contributed by atoms with E-state index in [-0.39, 0.29) is 5.91 Å². The van der Waals surface area contributed by atoms with Gasteiger partial charge in [-0.1, -0.05) is 42.5 Å². The summed E-state index contributed by atoms with van der Waals surface area (Å²) in [6, 6.07) is 20.3. The quantitative estimate of drug-likeness (QED) is 0.688. The molecule has 0 aliphatic carbocycles. The van der Waals surface area contributed by atoms with Gasteiger partial charge in [-0.2, -0.15) is 0 Å². The van der Waals surface area contributed by atoms with Crippen molar-refractivity contribution in [2.75, 3.05) is 19.1 Å². The predicted molar refractivity (Wildman–Crippen MR) is 94.5 cm³/mol. The van der Waals surface area contributed by atoms with Crippen molar-refractivity contribution in [3.05, 3.63) is 77.9 Å².